The van der Waals surface area contributed by atoms with Crippen LogP contribution in [0.25, 0.3) is 21.7 Å². The molecule has 9 rings (SSSR count). The highest BCUT2D eigenvalue weighted by atomic mass is 79.9. The molecule has 3 atom stereocenters. The van der Waals surface area contributed by atoms with E-state index in [0.717, 1.165) is 59.2 Å². The number of ether oxygens (including phenoxy) is 1. The van der Waals surface area contributed by atoms with Crippen LogP contribution >= 0.6 is 15.9 Å². The Labute approximate surface area is 500 Å². The lowest BCUT2D eigenvalue weighted by Gasteiger charge is -2.31. The summed E-state index contributed by atoms with van der Waals surface area (Å²) < 4.78 is 6.09. The smallest absolute Gasteiger partial charge is 0.409 e. The number of halogens is 1. The summed E-state index contributed by atoms with van der Waals surface area (Å²) in [5, 5.41) is 20.1. The third-order valence-corrected chi connectivity index (χ3v) is 16.6. The van der Waals surface area contributed by atoms with E-state index in [9.17, 15) is 43.2 Å². The molecule has 4 heterocycles. The zero-order valence-electron chi connectivity index (χ0n) is 47.4. The van der Waals surface area contributed by atoms with Gasteiger partial charge in [0.2, 0.25) is 17.7 Å². The van der Waals surface area contributed by atoms with Gasteiger partial charge in [-0.15, -0.1) is 0 Å². The molecule has 0 unspecified atom stereocenters. The molecule has 23 nitrogen and oxygen atoms in total. The molecule has 3 aliphatic heterocycles. The van der Waals surface area contributed by atoms with Crippen LogP contribution in [0.3, 0.4) is 0 Å². The number of rotatable bonds is 25. The number of anilines is 3. The van der Waals surface area contributed by atoms with Gasteiger partial charge in [-0.1, -0.05) is 46.6 Å². The molecule has 5 aromatic rings. The molecule has 24 heteroatoms. The summed E-state index contributed by atoms with van der Waals surface area (Å²) in [7, 11) is 2.02. The molecule has 0 bridgehead atoms. The van der Waals surface area contributed by atoms with E-state index in [2.05, 4.69) is 57.7 Å². The molecule has 4 aliphatic rings. The van der Waals surface area contributed by atoms with Crippen molar-refractivity contribution < 1.29 is 47.9 Å². The lowest BCUT2D eigenvalue weighted by atomic mass is 9.92. The first-order valence-electron chi connectivity index (χ1n) is 28.8. The highest BCUT2D eigenvalue weighted by Crippen LogP contribution is 2.46. The van der Waals surface area contributed by atoms with E-state index in [1.807, 2.05) is 31.3 Å². The number of aromatic nitrogens is 1. The molecule has 1 saturated heterocycles. The largest absolute Gasteiger partial charge is 0.415 e. The quantitative estimate of drug-likeness (QED) is 0.0184. The lowest BCUT2D eigenvalue weighted by Crippen LogP contribution is -2.53. The van der Waals surface area contributed by atoms with Gasteiger partial charge >= 0.3 is 12.1 Å². The van der Waals surface area contributed by atoms with Crippen molar-refractivity contribution >= 4 is 108 Å². The number of piperazine rings is 1. The number of carbonyl (C=O) groups is 9. The van der Waals surface area contributed by atoms with Gasteiger partial charge in [0.25, 0.3) is 23.6 Å². The number of benzene rings is 4. The molecule has 0 spiro atoms. The number of nitrogens with zero attached hydrogens (tertiary/aromatic N) is 4. The molecule has 85 heavy (non-hydrogen) atoms. The van der Waals surface area contributed by atoms with Crippen LogP contribution in [0.5, 0.6) is 5.75 Å². The number of alkyl halides is 1. The average molecular weight is 1230 g/mol. The summed E-state index contributed by atoms with van der Waals surface area (Å²) in [4.78, 5) is 128. The summed E-state index contributed by atoms with van der Waals surface area (Å²) >= 11 is 3.69. The first-order valence-corrected chi connectivity index (χ1v) is 30.0. The number of likely N-dealkylation sites (N-methyl/N-ethyl adjacent to an activating group) is 1. The fourth-order valence-electron chi connectivity index (χ4n) is 10.8. The summed E-state index contributed by atoms with van der Waals surface area (Å²) in [6, 6.07) is 19.9. The van der Waals surface area contributed by atoms with Crippen molar-refractivity contribution in [3.8, 4) is 5.75 Å². The Morgan fingerprint density at radius 3 is 2.11 bits per heavy atom. The van der Waals surface area contributed by atoms with Gasteiger partial charge in [0.15, 0.2) is 0 Å². The third kappa shape index (κ3) is 15.3. The van der Waals surface area contributed by atoms with E-state index in [4.69, 9.17) is 16.2 Å². The number of primary amides is 1. The van der Waals surface area contributed by atoms with Crippen molar-refractivity contribution in [2.24, 2.45) is 11.5 Å². The van der Waals surface area contributed by atoms with E-state index < -0.39 is 47.8 Å². The van der Waals surface area contributed by atoms with Crippen molar-refractivity contribution in [2.45, 2.75) is 88.6 Å². The van der Waals surface area contributed by atoms with Gasteiger partial charge in [-0.05, 0) is 130 Å². The minimum atomic E-state index is -1.08. The van der Waals surface area contributed by atoms with E-state index in [0.29, 0.717) is 102 Å². The summed E-state index contributed by atoms with van der Waals surface area (Å²) in [6.45, 7) is 3.76. The number of nitrogens with two attached hydrogens (primary N) is 2. The zero-order valence-corrected chi connectivity index (χ0v) is 49.0. The maximum Gasteiger partial charge on any atom is 0.415 e. The minimum Gasteiger partial charge on any atom is -0.409 e. The Morgan fingerprint density at radius 2 is 1.42 bits per heavy atom. The van der Waals surface area contributed by atoms with Gasteiger partial charge in [-0.2, -0.15) is 0 Å². The van der Waals surface area contributed by atoms with Gasteiger partial charge in [-0.25, -0.2) is 9.59 Å². The number of H-pyrrole nitrogens is 1. The molecular weight excluding hydrogens is 1150 g/mol. The monoisotopic (exact) mass is 1230 g/mol. The predicted octanol–water partition coefficient (Wildman–Crippen LogP) is 6.02. The van der Waals surface area contributed by atoms with Gasteiger partial charge in [0.05, 0.1) is 11.5 Å². The van der Waals surface area contributed by atoms with Crippen molar-refractivity contribution in [1.29, 1.82) is 0 Å². The Hall–Kier alpha value is -8.77. The number of aromatic amines is 1. The fraction of sp³-hybridized carbons (Fsp3) is 0.393. The Kier molecular flexibility index (Phi) is 20.2. The number of urea groups is 1. The van der Waals surface area contributed by atoms with Gasteiger partial charge < -0.3 is 67.8 Å². The first kappa shape index (κ1) is 60.8. The summed E-state index contributed by atoms with van der Waals surface area (Å²) in [6.07, 6.45) is 7.44. The Morgan fingerprint density at radius 1 is 0.741 bits per heavy atom. The van der Waals surface area contributed by atoms with Gasteiger partial charge in [0.1, 0.15) is 23.5 Å². The van der Waals surface area contributed by atoms with Crippen molar-refractivity contribution in [3.05, 3.63) is 119 Å². The minimum absolute atomic E-state index is 0.0366. The van der Waals surface area contributed by atoms with E-state index in [-0.39, 0.29) is 68.0 Å². The molecular formula is C61H72BrN13O10. The third-order valence-electron chi connectivity index (χ3n) is 15.8. The van der Waals surface area contributed by atoms with Crippen LogP contribution in [0.4, 0.5) is 26.7 Å². The second-order valence-corrected chi connectivity index (χ2v) is 22.5. The van der Waals surface area contributed by atoms with E-state index in [1.165, 1.54) is 12.2 Å². The van der Waals surface area contributed by atoms with Crippen LogP contribution in [0, 0.1) is 0 Å². The number of hydrogen-bond acceptors (Lipinski definition) is 13. The highest BCUT2D eigenvalue weighted by Gasteiger charge is 2.37. The fourth-order valence-corrected chi connectivity index (χ4v) is 11.4. The normalized spacial score (nSPS) is 16.4. The molecule has 1 aliphatic carbocycles. The maximum atomic E-state index is 14.5. The van der Waals surface area contributed by atoms with Crippen LogP contribution in [-0.4, -0.2) is 150 Å². The molecule has 448 valence electrons. The maximum absolute atomic E-state index is 14.5. The number of fused-ring (bicyclic) bond motifs is 4. The second-order valence-electron chi connectivity index (χ2n) is 21.8. The molecule has 0 radical (unpaired) electrons. The summed E-state index contributed by atoms with van der Waals surface area (Å²) in [5.41, 5.74) is 16.4. The second kappa shape index (κ2) is 28.2. The Bertz CT molecular complexity index is 3410. The van der Waals surface area contributed by atoms with Crippen molar-refractivity contribution in [2.75, 3.05) is 80.3 Å². The predicted molar refractivity (Wildman–Crippen MR) is 326 cm³/mol. The van der Waals surface area contributed by atoms with Crippen molar-refractivity contribution in [1.82, 2.24) is 41.0 Å². The number of amides is 10. The number of unbranched alkanes of at least 4 members (excludes halogenated alkanes) is 2. The van der Waals surface area contributed by atoms with E-state index in [1.54, 1.807) is 64.4 Å². The molecule has 2 fully saturated rings. The zero-order chi connectivity index (χ0) is 60.1. The molecule has 1 saturated carbocycles. The summed E-state index contributed by atoms with van der Waals surface area (Å²) in [5.74, 6) is -2.09. The number of allylic oxidation sites excluding steroid dienone is 1. The van der Waals surface area contributed by atoms with Gasteiger partial charge in [-0.3, -0.25) is 38.5 Å². The van der Waals surface area contributed by atoms with Crippen LogP contribution in [-0.2, 0) is 24.0 Å². The standard InChI is InChI=1S/C61H72BrN13O10/c1-72-28-30-73(31-29-72)61(84)85-50-34-49-54(44-13-5-4-12-43(44)50)40(35-62)36-75(49)59(82)48-33-39-32-42(21-22-45(39)69-48)68-56(79)38-17-19-41(20-18-38)67-57(80)47(15-8-25-65-55(63)37-10-7-11-37)71-58(81)46(14-9-26-66-60(64)83)70-51(76)16-3-2-6-27-74-52(77)23-24-53(74)78/h4-5,12-13,17-24,32-34,40,46-47,65,69H,2-3,6-11,14-16,25-31,35-36,63H2,1H3,(H,67,80)(H,68,79)(H,70,76)(H,71,81)(H3,64,66,83)/t40-,46+,47+/m1/s1. The van der Waals surface area contributed by atoms with Crippen LogP contribution in [0.1, 0.15) is 103 Å². The van der Waals surface area contributed by atoms with Crippen LogP contribution in [0.2, 0.25) is 0 Å². The molecule has 4 aromatic carbocycles. The molecule has 10 amide bonds. The van der Waals surface area contributed by atoms with Crippen LogP contribution in [0.15, 0.2) is 102 Å². The average Bonchev–Trinajstić information content (AvgIpc) is 1.90. The lowest BCUT2D eigenvalue weighted by molar-refractivity contribution is -0.137. The number of imide groups is 1. The van der Waals surface area contributed by atoms with E-state index >= 15 is 0 Å². The number of nitrogens with one attached hydrogen (secondary N) is 7. The number of carbonyl (C=O) groups excluding carboxylic acids is 9. The molecule has 11 N–H and O–H groups in total. The van der Waals surface area contributed by atoms with Crippen LogP contribution < -0.4 is 53.0 Å². The highest BCUT2D eigenvalue weighted by molar-refractivity contribution is 9.09. The van der Waals surface area contributed by atoms with Gasteiger partial charge in [0, 0.05) is 121 Å². The SMILES string of the molecule is CN1CCN(C(=O)Oc2cc3c(c4ccccc24)[C@H](CBr)CN3C(=O)c2cc3cc(NC(=O)c4ccc(NC(=O)[C@H](CCCNC(N)=C5CCC5)NC(=O)[C@H](CCCNC(N)=O)NC(=O)CCCCCN5C(=O)C=CC5=O)cc4)ccc3[nH]2)CC1. The Balaban J connectivity index is 0.832. The first-order chi connectivity index (χ1) is 41.0. The topological polar surface area (TPSA) is 316 Å². The molecule has 1 aromatic heterocycles. The van der Waals surface area contributed by atoms with Crippen molar-refractivity contribution in [3.63, 3.8) is 0 Å². The number of hydrogen-bond donors (Lipinski definition) is 9.